The maximum absolute atomic E-state index is 11.5. The number of carboxylic acids is 1. The lowest BCUT2D eigenvalue weighted by Gasteiger charge is -2.21. The van der Waals surface area contributed by atoms with E-state index in [0.29, 0.717) is 30.3 Å². The highest BCUT2D eigenvalue weighted by atomic mass is 16.5. The highest BCUT2D eigenvalue weighted by Crippen LogP contribution is 2.41. The fourth-order valence-corrected chi connectivity index (χ4v) is 2.65. The van der Waals surface area contributed by atoms with Gasteiger partial charge in [0.05, 0.1) is 11.6 Å². The van der Waals surface area contributed by atoms with Crippen LogP contribution in [0, 0.1) is 5.41 Å². The molecule has 20 heavy (non-hydrogen) atoms. The summed E-state index contributed by atoms with van der Waals surface area (Å²) in [5.41, 5.74) is -0.245. The SMILES string of the molecule is O=C(O)C1(Cc2nc(-c3cnccn3)no2)CCCC1. The Labute approximate surface area is 115 Å². The third-order valence-electron chi connectivity index (χ3n) is 3.76. The molecule has 0 unspecified atom stereocenters. The molecule has 0 spiro atoms. The molecule has 2 aromatic rings. The van der Waals surface area contributed by atoms with Crippen LogP contribution in [0.2, 0.25) is 0 Å². The van der Waals surface area contributed by atoms with Gasteiger partial charge in [0.25, 0.3) is 0 Å². The Hall–Kier alpha value is -2.31. The molecule has 0 amide bonds. The lowest BCUT2D eigenvalue weighted by atomic mass is 9.83. The number of carboxylic acid groups (broad SMARTS) is 1. The fraction of sp³-hybridized carbons (Fsp3) is 0.462. The molecule has 1 aliphatic rings. The van der Waals surface area contributed by atoms with Gasteiger partial charge in [-0.2, -0.15) is 4.98 Å². The van der Waals surface area contributed by atoms with Gasteiger partial charge in [-0.1, -0.05) is 18.0 Å². The van der Waals surface area contributed by atoms with Crippen molar-refractivity contribution < 1.29 is 14.4 Å². The van der Waals surface area contributed by atoms with Crippen LogP contribution < -0.4 is 0 Å². The van der Waals surface area contributed by atoms with Crippen molar-refractivity contribution in [2.45, 2.75) is 32.1 Å². The van der Waals surface area contributed by atoms with Gasteiger partial charge in [0.2, 0.25) is 11.7 Å². The Morgan fingerprint density at radius 3 is 2.80 bits per heavy atom. The second-order valence-corrected chi connectivity index (χ2v) is 5.07. The molecule has 1 aliphatic carbocycles. The van der Waals surface area contributed by atoms with Crippen LogP contribution in [0.4, 0.5) is 0 Å². The predicted octanol–water partition coefficient (Wildman–Crippen LogP) is 1.71. The fourth-order valence-electron chi connectivity index (χ4n) is 2.65. The minimum Gasteiger partial charge on any atom is -0.481 e. The molecule has 1 N–H and O–H groups in total. The largest absolute Gasteiger partial charge is 0.481 e. The van der Waals surface area contributed by atoms with Gasteiger partial charge in [-0.15, -0.1) is 0 Å². The predicted molar refractivity (Wildman–Crippen MR) is 67.6 cm³/mol. The van der Waals surface area contributed by atoms with Crippen molar-refractivity contribution in [1.82, 2.24) is 20.1 Å². The van der Waals surface area contributed by atoms with Gasteiger partial charge in [-0.25, -0.2) is 4.98 Å². The van der Waals surface area contributed by atoms with E-state index in [-0.39, 0.29) is 6.42 Å². The number of nitrogens with zero attached hydrogens (tertiary/aromatic N) is 4. The lowest BCUT2D eigenvalue weighted by Crippen LogP contribution is -2.30. The average molecular weight is 274 g/mol. The highest BCUT2D eigenvalue weighted by Gasteiger charge is 2.42. The Morgan fingerprint density at radius 2 is 2.15 bits per heavy atom. The van der Waals surface area contributed by atoms with Crippen LogP contribution in [-0.2, 0) is 11.2 Å². The first-order chi connectivity index (χ1) is 9.70. The Balaban J connectivity index is 1.82. The zero-order chi connectivity index (χ0) is 14.0. The Bertz CT molecular complexity index is 605. The van der Waals surface area contributed by atoms with Crippen molar-refractivity contribution in [1.29, 1.82) is 0 Å². The molecule has 1 fully saturated rings. The van der Waals surface area contributed by atoms with Crippen LogP contribution >= 0.6 is 0 Å². The topological polar surface area (TPSA) is 102 Å². The van der Waals surface area contributed by atoms with E-state index < -0.39 is 11.4 Å². The van der Waals surface area contributed by atoms with Crippen molar-refractivity contribution in [3.8, 4) is 11.5 Å². The molecular weight excluding hydrogens is 260 g/mol. The van der Waals surface area contributed by atoms with Gasteiger partial charge in [-0.3, -0.25) is 9.78 Å². The summed E-state index contributed by atoms with van der Waals surface area (Å²) in [4.78, 5) is 23.7. The molecule has 1 saturated carbocycles. The van der Waals surface area contributed by atoms with Gasteiger partial charge < -0.3 is 9.63 Å². The maximum atomic E-state index is 11.5. The standard InChI is InChI=1S/C13H14N4O3/c18-12(19)13(3-1-2-4-13)7-10-16-11(17-20-10)9-8-14-5-6-15-9/h5-6,8H,1-4,7H2,(H,18,19). The lowest BCUT2D eigenvalue weighted by molar-refractivity contribution is -0.148. The number of hydrogen-bond acceptors (Lipinski definition) is 6. The molecule has 7 nitrogen and oxygen atoms in total. The molecule has 104 valence electrons. The number of rotatable bonds is 4. The summed E-state index contributed by atoms with van der Waals surface area (Å²) in [7, 11) is 0. The van der Waals surface area contributed by atoms with Crippen LogP contribution in [-0.4, -0.2) is 31.2 Å². The normalized spacial score (nSPS) is 17.2. The van der Waals surface area contributed by atoms with E-state index in [2.05, 4.69) is 20.1 Å². The minimum atomic E-state index is -0.783. The first-order valence-corrected chi connectivity index (χ1v) is 6.52. The van der Waals surface area contributed by atoms with E-state index in [0.717, 1.165) is 12.8 Å². The van der Waals surface area contributed by atoms with E-state index in [1.165, 1.54) is 6.20 Å². The van der Waals surface area contributed by atoms with Crippen LogP contribution in [0.5, 0.6) is 0 Å². The van der Waals surface area contributed by atoms with E-state index in [1.54, 1.807) is 12.4 Å². The van der Waals surface area contributed by atoms with Crippen molar-refractivity contribution >= 4 is 5.97 Å². The number of aliphatic carboxylic acids is 1. The van der Waals surface area contributed by atoms with E-state index >= 15 is 0 Å². The van der Waals surface area contributed by atoms with Crippen molar-refractivity contribution in [3.63, 3.8) is 0 Å². The number of carbonyl (C=O) groups is 1. The van der Waals surface area contributed by atoms with Crippen LogP contribution in [0.25, 0.3) is 11.5 Å². The van der Waals surface area contributed by atoms with Crippen LogP contribution in [0.3, 0.4) is 0 Å². The zero-order valence-corrected chi connectivity index (χ0v) is 10.8. The minimum absolute atomic E-state index is 0.273. The zero-order valence-electron chi connectivity index (χ0n) is 10.8. The van der Waals surface area contributed by atoms with E-state index in [4.69, 9.17) is 4.52 Å². The van der Waals surface area contributed by atoms with E-state index in [1.807, 2.05) is 0 Å². The quantitative estimate of drug-likeness (QED) is 0.905. The molecule has 0 radical (unpaired) electrons. The second kappa shape index (κ2) is 4.99. The molecule has 2 heterocycles. The molecule has 0 aliphatic heterocycles. The molecule has 0 saturated heterocycles. The van der Waals surface area contributed by atoms with Gasteiger partial charge in [0, 0.05) is 18.8 Å². The first-order valence-electron chi connectivity index (χ1n) is 6.52. The Morgan fingerprint density at radius 1 is 1.35 bits per heavy atom. The molecule has 0 bridgehead atoms. The van der Waals surface area contributed by atoms with Gasteiger partial charge >= 0.3 is 5.97 Å². The van der Waals surface area contributed by atoms with Crippen molar-refractivity contribution in [2.75, 3.05) is 0 Å². The first kappa shape index (κ1) is 12.7. The summed E-state index contributed by atoms with van der Waals surface area (Å²) in [6.07, 6.45) is 8.08. The van der Waals surface area contributed by atoms with Crippen molar-refractivity contribution in [2.24, 2.45) is 5.41 Å². The van der Waals surface area contributed by atoms with Crippen LogP contribution in [0.1, 0.15) is 31.6 Å². The number of hydrogen-bond donors (Lipinski definition) is 1. The summed E-state index contributed by atoms with van der Waals surface area (Å²) < 4.78 is 5.16. The molecular formula is C13H14N4O3. The average Bonchev–Trinajstić information content (AvgIpc) is 3.10. The molecule has 0 atom stereocenters. The molecule has 3 rings (SSSR count). The maximum Gasteiger partial charge on any atom is 0.310 e. The second-order valence-electron chi connectivity index (χ2n) is 5.07. The summed E-state index contributed by atoms with van der Waals surface area (Å²) >= 11 is 0. The molecule has 7 heteroatoms. The summed E-state index contributed by atoms with van der Waals surface area (Å²) in [6.45, 7) is 0. The summed E-state index contributed by atoms with van der Waals surface area (Å²) in [6, 6.07) is 0. The third-order valence-corrected chi connectivity index (χ3v) is 3.76. The monoisotopic (exact) mass is 274 g/mol. The van der Waals surface area contributed by atoms with Gasteiger partial charge in [-0.05, 0) is 12.8 Å². The van der Waals surface area contributed by atoms with E-state index in [9.17, 15) is 9.90 Å². The van der Waals surface area contributed by atoms with Crippen LogP contribution in [0.15, 0.2) is 23.1 Å². The summed E-state index contributed by atoms with van der Waals surface area (Å²) in [5.74, 6) is -0.101. The highest BCUT2D eigenvalue weighted by molar-refractivity contribution is 5.75. The number of aromatic nitrogens is 4. The van der Waals surface area contributed by atoms with Gasteiger partial charge in [0.1, 0.15) is 5.69 Å². The summed E-state index contributed by atoms with van der Waals surface area (Å²) in [5, 5.41) is 13.3. The molecule has 2 aromatic heterocycles. The molecule has 0 aromatic carbocycles. The smallest absolute Gasteiger partial charge is 0.310 e. The van der Waals surface area contributed by atoms with Crippen molar-refractivity contribution in [3.05, 3.63) is 24.5 Å². The third kappa shape index (κ3) is 2.26. The van der Waals surface area contributed by atoms with Gasteiger partial charge in [0.15, 0.2) is 0 Å². The Kier molecular flexibility index (Phi) is 3.17.